The van der Waals surface area contributed by atoms with Crippen molar-refractivity contribution >= 4 is 10.8 Å². The summed E-state index contributed by atoms with van der Waals surface area (Å²) < 4.78 is 17.3. The van der Waals surface area contributed by atoms with Crippen molar-refractivity contribution in [3.63, 3.8) is 0 Å². The molecule has 30 heavy (non-hydrogen) atoms. The average molecular weight is 403 g/mol. The van der Waals surface area contributed by atoms with Crippen LogP contribution in [0, 0.1) is 0 Å². The largest absolute Gasteiger partial charge is 0.494 e. The molecule has 0 aliphatic carbocycles. The normalized spacial score (nSPS) is 11.2. The van der Waals surface area contributed by atoms with Crippen molar-refractivity contribution in [3.05, 3.63) is 72.6 Å². The summed E-state index contributed by atoms with van der Waals surface area (Å²) in [6.07, 6.45) is 0.985. The molecule has 3 aromatic carbocycles. The lowest BCUT2D eigenvalue weighted by Crippen LogP contribution is -2.15. The summed E-state index contributed by atoms with van der Waals surface area (Å²) in [5.74, 6) is 2.49. The van der Waals surface area contributed by atoms with Crippen LogP contribution in [0.1, 0.15) is 12.3 Å². The van der Waals surface area contributed by atoms with Gasteiger partial charge in [-0.2, -0.15) is 0 Å². The molecule has 0 N–H and O–H groups in total. The van der Waals surface area contributed by atoms with Gasteiger partial charge < -0.3 is 18.8 Å². The van der Waals surface area contributed by atoms with E-state index in [9.17, 15) is 0 Å². The Morgan fingerprint density at radius 2 is 1.60 bits per heavy atom. The molecule has 0 saturated carbocycles. The van der Waals surface area contributed by atoms with Gasteiger partial charge in [-0.15, -0.1) is 10.2 Å². The van der Waals surface area contributed by atoms with E-state index in [4.69, 9.17) is 13.9 Å². The van der Waals surface area contributed by atoms with Crippen LogP contribution in [0.25, 0.3) is 22.2 Å². The van der Waals surface area contributed by atoms with Gasteiger partial charge in [0, 0.05) is 12.1 Å². The Labute approximate surface area is 176 Å². The van der Waals surface area contributed by atoms with E-state index in [1.807, 2.05) is 54.6 Å². The molecule has 6 nitrogen and oxygen atoms in total. The fourth-order valence-electron chi connectivity index (χ4n) is 3.10. The first-order chi connectivity index (χ1) is 14.7. The van der Waals surface area contributed by atoms with E-state index < -0.39 is 0 Å². The van der Waals surface area contributed by atoms with Crippen LogP contribution >= 0.6 is 0 Å². The molecule has 0 spiro atoms. The molecular formula is C24H25N3O3. The highest BCUT2D eigenvalue weighted by molar-refractivity contribution is 5.83. The minimum Gasteiger partial charge on any atom is -0.494 e. The highest BCUT2D eigenvalue weighted by atomic mass is 16.5. The van der Waals surface area contributed by atoms with E-state index >= 15 is 0 Å². The monoisotopic (exact) mass is 403 g/mol. The number of hydrogen-bond donors (Lipinski definition) is 0. The smallest absolute Gasteiger partial charge is 0.254 e. The second-order valence-corrected chi connectivity index (χ2v) is 7.33. The topological polar surface area (TPSA) is 60.6 Å². The van der Waals surface area contributed by atoms with Gasteiger partial charge in [-0.25, -0.2) is 0 Å². The van der Waals surface area contributed by atoms with E-state index in [0.29, 0.717) is 18.4 Å². The molecule has 0 saturated heterocycles. The molecule has 4 aromatic rings. The fourth-order valence-corrected chi connectivity index (χ4v) is 3.10. The Morgan fingerprint density at radius 1 is 0.833 bits per heavy atom. The standard InChI is InChI=1S/C24H25N3O3/c1-27(2)14-5-15-28-21-11-9-19(10-12-21)24-26-25-23(30-24)17-29-22-13-8-18-6-3-4-7-20(18)16-22/h3-4,6-13,16H,5,14-15,17H2,1-2H3. The Balaban J connectivity index is 1.33. The summed E-state index contributed by atoms with van der Waals surface area (Å²) >= 11 is 0. The highest BCUT2D eigenvalue weighted by Gasteiger charge is 2.10. The van der Waals surface area contributed by atoms with E-state index in [1.165, 1.54) is 5.39 Å². The third-order valence-corrected chi connectivity index (χ3v) is 4.67. The molecule has 6 heteroatoms. The molecule has 0 atom stereocenters. The molecule has 1 heterocycles. The van der Waals surface area contributed by atoms with Crippen LogP contribution in [0.2, 0.25) is 0 Å². The van der Waals surface area contributed by atoms with Crippen molar-refractivity contribution in [1.82, 2.24) is 15.1 Å². The SMILES string of the molecule is CN(C)CCCOc1ccc(-c2nnc(COc3ccc4ccccc4c3)o2)cc1. The second kappa shape index (κ2) is 9.41. The summed E-state index contributed by atoms with van der Waals surface area (Å²) in [5.41, 5.74) is 0.847. The third kappa shape index (κ3) is 5.15. The van der Waals surface area contributed by atoms with Gasteiger partial charge in [0.2, 0.25) is 5.89 Å². The molecule has 0 bridgehead atoms. The summed E-state index contributed by atoms with van der Waals surface area (Å²) in [6, 6.07) is 21.8. The third-order valence-electron chi connectivity index (χ3n) is 4.67. The van der Waals surface area contributed by atoms with Crippen molar-refractivity contribution in [2.75, 3.05) is 27.2 Å². The Bertz CT molecular complexity index is 1090. The number of fused-ring (bicyclic) bond motifs is 1. The summed E-state index contributed by atoms with van der Waals surface area (Å²) in [5, 5.41) is 10.5. The molecule has 4 rings (SSSR count). The van der Waals surface area contributed by atoms with Crippen molar-refractivity contribution in [3.8, 4) is 23.0 Å². The van der Waals surface area contributed by atoms with Crippen molar-refractivity contribution < 1.29 is 13.9 Å². The number of ether oxygens (including phenoxy) is 2. The molecule has 1 aromatic heterocycles. The first kappa shape index (κ1) is 19.9. The van der Waals surface area contributed by atoms with Gasteiger partial charge >= 0.3 is 0 Å². The van der Waals surface area contributed by atoms with Crippen LogP contribution in [0.5, 0.6) is 11.5 Å². The minimum absolute atomic E-state index is 0.221. The zero-order chi connectivity index (χ0) is 20.8. The van der Waals surface area contributed by atoms with Gasteiger partial charge in [-0.1, -0.05) is 30.3 Å². The van der Waals surface area contributed by atoms with E-state index in [0.717, 1.165) is 35.4 Å². The predicted molar refractivity (Wildman–Crippen MR) is 117 cm³/mol. The maximum absolute atomic E-state index is 5.82. The summed E-state index contributed by atoms with van der Waals surface area (Å²) in [7, 11) is 4.11. The van der Waals surface area contributed by atoms with Crippen LogP contribution < -0.4 is 9.47 Å². The van der Waals surface area contributed by atoms with Crippen molar-refractivity contribution in [2.24, 2.45) is 0 Å². The van der Waals surface area contributed by atoms with Gasteiger partial charge in [-0.05, 0) is 67.7 Å². The second-order valence-electron chi connectivity index (χ2n) is 7.33. The molecule has 0 amide bonds. The first-order valence-electron chi connectivity index (χ1n) is 9.99. The van der Waals surface area contributed by atoms with Gasteiger partial charge in [0.1, 0.15) is 11.5 Å². The molecule has 0 aliphatic heterocycles. The van der Waals surface area contributed by atoms with Crippen molar-refractivity contribution in [1.29, 1.82) is 0 Å². The number of aromatic nitrogens is 2. The van der Waals surface area contributed by atoms with E-state index in [1.54, 1.807) is 0 Å². The lowest BCUT2D eigenvalue weighted by molar-refractivity contribution is 0.265. The van der Waals surface area contributed by atoms with Crippen LogP contribution in [-0.2, 0) is 6.61 Å². The van der Waals surface area contributed by atoms with Crippen LogP contribution in [0.4, 0.5) is 0 Å². The maximum atomic E-state index is 5.82. The van der Waals surface area contributed by atoms with Gasteiger partial charge in [0.25, 0.3) is 5.89 Å². The number of hydrogen-bond acceptors (Lipinski definition) is 6. The Kier molecular flexibility index (Phi) is 6.25. The Morgan fingerprint density at radius 3 is 2.40 bits per heavy atom. The molecule has 154 valence electrons. The predicted octanol–water partition coefficient (Wildman–Crippen LogP) is 4.80. The first-order valence-corrected chi connectivity index (χ1v) is 9.99. The average Bonchev–Trinajstić information content (AvgIpc) is 3.24. The molecule has 0 radical (unpaired) electrons. The molecule has 0 unspecified atom stereocenters. The molecule has 0 aliphatic rings. The van der Waals surface area contributed by atoms with E-state index in [2.05, 4.69) is 41.3 Å². The lowest BCUT2D eigenvalue weighted by atomic mass is 10.1. The fraction of sp³-hybridized carbons (Fsp3) is 0.250. The van der Waals surface area contributed by atoms with Gasteiger partial charge in [0.15, 0.2) is 6.61 Å². The van der Waals surface area contributed by atoms with Crippen LogP contribution in [0.15, 0.2) is 71.1 Å². The molecular weight excluding hydrogens is 378 g/mol. The van der Waals surface area contributed by atoms with Gasteiger partial charge in [-0.3, -0.25) is 0 Å². The Hall–Kier alpha value is -3.38. The van der Waals surface area contributed by atoms with E-state index in [-0.39, 0.29) is 6.61 Å². The quantitative estimate of drug-likeness (QED) is 0.374. The highest BCUT2D eigenvalue weighted by Crippen LogP contribution is 2.23. The number of benzene rings is 3. The number of nitrogens with zero attached hydrogens (tertiary/aromatic N) is 3. The number of rotatable bonds is 9. The molecule has 0 fully saturated rings. The van der Waals surface area contributed by atoms with Crippen molar-refractivity contribution in [2.45, 2.75) is 13.0 Å². The maximum Gasteiger partial charge on any atom is 0.254 e. The summed E-state index contributed by atoms with van der Waals surface area (Å²) in [4.78, 5) is 2.14. The lowest BCUT2D eigenvalue weighted by Gasteiger charge is -2.10. The summed E-state index contributed by atoms with van der Waals surface area (Å²) in [6.45, 7) is 1.91. The minimum atomic E-state index is 0.221. The van der Waals surface area contributed by atoms with Gasteiger partial charge in [0.05, 0.1) is 6.61 Å². The zero-order valence-corrected chi connectivity index (χ0v) is 17.2. The zero-order valence-electron chi connectivity index (χ0n) is 17.2. The van der Waals surface area contributed by atoms with Crippen LogP contribution in [-0.4, -0.2) is 42.3 Å². The van der Waals surface area contributed by atoms with Crippen LogP contribution in [0.3, 0.4) is 0 Å².